The first-order chi connectivity index (χ1) is 21.7. The summed E-state index contributed by atoms with van der Waals surface area (Å²) in [4.78, 5) is 32.7. The third-order valence-electron chi connectivity index (χ3n) is 7.76. The number of aryl methyl sites for hydroxylation is 1. The predicted molar refractivity (Wildman–Crippen MR) is 180 cm³/mol. The Morgan fingerprint density at radius 2 is 1.78 bits per heavy atom. The zero-order valence-electron chi connectivity index (χ0n) is 26.1. The lowest BCUT2D eigenvalue weighted by molar-refractivity contribution is -0.127. The highest BCUT2D eigenvalue weighted by atomic mass is 35.5. The van der Waals surface area contributed by atoms with Gasteiger partial charge in [-0.2, -0.15) is 4.98 Å². The molecule has 1 aliphatic heterocycles. The summed E-state index contributed by atoms with van der Waals surface area (Å²) < 4.78 is 12.9. The minimum atomic E-state index is -0.00850. The largest absolute Gasteiger partial charge is 0.495 e. The first-order valence-electron chi connectivity index (χ1n) is 14.8. The zero-order valence-corrected chi connectivity index (χ0v) is 27.6. The van der Waals surface area contributed by atoms with Gasteiger partial charge in [0.1, 0.15) is 21.5 Å². The summed E-state index contributed by atoms with van der Waals surface area (Å²) in [6, 6.07) is 3.59. The number of aromatic nitrogens is 4. The van der Waals surface area contributed by atoms with Gasteiger partial charge in [-0.05, 0) is 45.6 Å². The average molecular weight is 657 g/mol. The van der Waals surface area contributed by atoms with Crippen LogP contribution in [0.1, 0.15) is 12.1 Å². The maximum atomic E-state index is 11.9. The van der Waals surface area contributed by atoms with Crippen LogP contribution in [0.15, 0.2) is 37.2 Å². The van der Waals surface area contributed by atoms with Crippen LogP contribution in [0.5, 0.6) is 11.5 Å². The number of methoxy groups -OCH3 is 2. The number of rotatable bonds is 13. The van der Waals surface area contributed by atoms with Gasteiger partial charge < -0.3 is 29.9 Å². The lowest BCUT2D eigenvalue weighted by atomic mass is 10.2. The van der Waals surface area contributed by atoms with E-state index in [1.54, 1.807) is 12.3 Å². The molecule has 0 spiro atoms. The molecule has 1 aliphatic rings. The van der Waals surface area contributed by atoms with Crippen molar-refractivity contribution < 1.29 is 14.3 Å². The van der Waals surface area contributed by atoms with Crippen molar-refractivity contribution >= 4 is 63.1 Å². The van der Waals surface area contributed by atoms with Gasteiger partial charge in [0.05, 0.1) is 31.3 Å². The highest BCUT2D eigenvalue weighted by molar-refractivity contribution is 6.41. The monoisotopic (exact) mass is 655 g/mol. The zero-order chi connectivity index (χ0) is 32.1. The second-order valence-electron chi connectivity index (χ2n) is 11.1. The molecule has 1 fully saturated rings. The number of fused-ring (bicyclic) bond motifs is 3. The topological polar surface area (TPSA) is 112 Å². The van der Waals surface area contributed by atoms with Crippen molar-refractivity contribution in [2.24, 2.45) is 0 Å². The highest BCUT2D eigenvalue weighted by Gasteiger charge is 2.21. The van der Waals surface area contributed by atoms with Gasteiger partial charge >= 0.3 is 0 Å². The number of carbonyl (C=O) groups excluding carboxylic acids is 1. The highest BCUT2D eigenvalue weighted by Crippen LogP contribution is 2.45. The van der Waals surface area contributed by atoms with Crippen molar-refractivity contribution in [3.05, 3.63) is 52.9 Å². The fourth-order valence-electron chi connectivity index (χ4n) is 5.30. The Labute approximate surface area is 272 Å². The van der Waals surface area contributed by atoms with E-state index < -0.39 is 0 Å². The Morgan fingerprint density at radius 1 is 1.07 bits per heavy atom. The molecule has 240 valence electrons. The van der Waals surface area contributed by atoms with E-state index in [0.29, 0.717) is 64.1 Å². The number of amides is 1. The van der Waals surface area contributed by atoms with Crippen LogP contribution in [0.3, 0.4) is 0 Å². The van der Waals surface area contributed by atoms with E-state index in [1.165, 1.54) is 20.3 Å². The van der Waals surface area contributed by atoms with E-state index in [9.17, 15) is 4.79 Å². The Bertz CT molecular complexity index is 1660. The molecule has 0 atom stereocenters. The number of imidazole rings is 1. The average Bonchev–Trinajstić information content (AvgIpc) is 3.48. The molecule has 0 saturated carbocycles. The predicted octanol–water partition coefficient (Wildman–Crippen LogP) is 4.58. The molecule has 45 heavy (non-hydrogen) atoms. The lowest BCUT2D eigenvalue weighted by Gasteiger charge is -2.34. The number of halogens is 2. The van der Waals surface area contributed by atoms with Crippen molar-refractivity contribution in [2.45, 2.75) is 12.8 Å². The molecule has 3 aromatic heterocycles. The number of hydrogen-bond donors (Lipinski definition) is 2. The number of nitrogens with one attached hydrogen (secondary N) is 2. The molecule has 0 bridgehead atoms. The SMILES string of the molecule is C=CC(=O)N1CCN(CCCc2cn3c(n2)c(Nc2c(Cl)c(OC)cc(OC)c2Cl)cc2cnc(NCCN(C)C)nc23)CC1. The summed E-state index contributed by atoms with van der Waals surface area (Å²) in [6.07, 6.45) is 6.87. The van der Waals surface area contributed by atoms with Crippen LogP contribution < -0.4 is 20.1 Å². The van der Waals surface area contributed by atoms with E-state index in [2.05, 4.69) is 32.0 Å². The summed E-state index contributed by atoms with van der Waals surface area (Å²) in [7, 11) is 7.12. The molecule has 5 rings (SSSR count). The maximum absolute atomic E-state index is 11.9. The van der Waals surface area contributed by atoms with Gasteiger partial charge in [0.15, 0.2) is 11.3 Å². The van der Waals surface area contributed by atoms with Gasteiger partial charge in [0.2, 0.25) is 11.9 Å². The summed E-state index contributed by atoms with van der Waals surface area (Å²) in [6.45, 7) is 9.18. The van der Waals surface area contributed by atoms with Gasteiger partial charge in [-0.15, -0.1) is 0 Å². The van der Waals surface area contributed by atoms with E-state index in [1.807, 2.05) is 35.7 Å². The molecule has 12 nitrogen and oxygen atoms in total. The van der Waals surface area contributed by atoms with Gasteiger partial charge in [-0.3, -0.25) is 14.1 Å². The summed E-state index contributed by atoms with van der Waals surface area (Å²) in [5, 5.41) is 8.15. The van der Waals surface area contributed by atoms with E-state index in [0.717, 1.165) is 55.7 Å². The third kappa shape index (κ3) is 7.36. The van der Waals surface area contributed by atoms with Crippen molar-refractivity contribution in [1.82, 2.24) is 34.1 Å². The van der Waals surface area contributed by atoms with E-state index >= 15 is 0 Å². The Balaban J connectivity index is 1.45. The van der Waals surface area contributed by atoms with Crippen LogP contribution in [0.4, 0.5) is 17.3 Å². The molecule has 1 saturated heterocycles. The number of benzene rings is 1. The first-order valence-corrected chi connectivity index (χ1v) is 15.5. The van der Waals surface area contributed by atoms with Crippen LogP contribution in [0, 0.1) is 0 Å². The van der Waals surface area contributed by atoms with Crippen LogP contribution in [-0.2, 0) is 11.2 Å². The minimum Gasteiger partial charge on any atom is -0.495 e. The van der Waals surface area contributed by atoms with E-state index in [-0.39, 0.29) is 5.91 Å². The van der Waals surface area contributed by atoms with Crippen molar-refractivity contribution in [1.29, 1.82) is 0 Å². The number of piperazine rings is 1. The van der Waals surface area contributed by atoms with Crippen molar-refractivity contribution in [3.8, 4) is 11.5 Å². The number of carbonyl (C=O) groups is 1. The van der Waals surface area contributed by atoms with E-state index in [4.69, 9.17) is 42.6 Å². The van der Waals surface area contributed by atoms with Crippen LogP contribution >= 0.6 is 23.2 Å². The van der Waals surface area contributed by atoms with Gasteiger partial charge in [-0.25, -0.2) is 9.97 Å². The molecular weight excluding hydrogens is 617 g/mol. The number of pyridine rings is 1. The third-order valence-corrected chi connectivity index (χ3v) is 8.51. The molecular formula is C31H39Cl2N9O3. The molecule has 4 aromatic rings. The molecule has 0 radical (unpaired) electrons. The minimum absolute atomic E-state index is 0.00850. The number of hydrogen-bond acceptors (Lipinski definition) is 10. The fraction of sp³-hybridized carbons (Fsp3) is 0.419. The van der Waals surface area contributed by atoms with Crippen LogP contribution in [0.25, 0.3) is 16.7 Å². The number of likely N-dealkylation sites (N-methyl/N-ethyl adjacent to an activating group) is 1. The molecule has 1 amide bonds. The second kappa shape index (κ2) is 14.5. The summed E-state index contributed by atoms with van der Waals surface area (Å²) >= 11 is 13.4. The molecule has 0 aliphatic carbocycles. The van der Waals surface area contributed by atoms with Crippen molar-refractivity contribution in [3.63, 3.8) is 0 Å². The smallest absolute Gasteiger partial charge is 0.246 e. The first kappa shape index (κ1) is 32.6. The normalized spacial score (nSPS) is 13.9. The molecule has 4 heterocycles. The standard InChI is InChI=1S/C31H39Cl2N9O3/c1-6-25(43)41-14-12-40(13-15-41)10-7-8-21-19-42-29-20(18-35-31(38-29)34-9-11-39(2)3)16-22(30(42)36-21)37-28-26(32)23(44-4)17-24(45-5)27(28)33/h6,16-19,37H,1,7-15H2,2-5H3,(H,34,35,38). The lowest BCUT2D eigenvalue weighted by Crippen LogP contribution is -2.48. The Hall–Kier alpha value is -3.84. The number of anilines is 3. The fourth-order valence-corrected chi connectivity index (χ4v) is 5.90. The Kier molecular flexibility index (Phi) is 10.5. The molecule has 2 N–H and O–H groups in total. The molecule has 0 unspecified atom stereocenters. The molecule has 1 aromatic carbocycles. The summed E-state index contributed by atoms with van der Waals surface area (Å²) in [5.41, 5.74) is 3.43. The summed E-state index contributed by atoms with van der Waals surface area (Å²) in [5.74, 6) is 1.38. The van der Waals surface area contributed by atoms with Gasteiger partial charge in [0, 0.05) is 63.1 Å². The molecule has 14 heteroatoms. The van der Waals surface area contributed by atoms with Crippen molar-refractivity contribution in [2.75, 3.05) is 84.8 Å². The number of ether oxygens (including phenoxy) is 2. The van der Waals surface area contributed by atoms with Gasteiger partial charge in [0.25, 0.3) is 0 Å². The van der Waals surface area contributed by atoms with Gasteiger partial charge in [-0.1, -0.05) is 29.8 Å². The van der Waals surface area contributed by atoms with Crippen LogP contribution in [-0.4, -0.2) is 114 Å². The Morgan fingerprint density at radius 3 is 2.42 bits per heavy atom. The number of nitrogens with zero attached hydrogens (tertiary/aromatic N) is 7. The second-order valence-corrected chi connectivity index (χ2v) is 11.8. The quantitative estimate of drug-likeness (QED) is 0.199. The maximum Gasteiger partial charge on any atom is 0.246 e. The van der Waals surface area contributed by atoms with Crippen LogP contribution in [0.2, 0.25) is 10.0 Å².